The molecule has 0 radical (unpaired) electrons. The third-order valence-corrected chi connectivity index (χ3v) is 2.54. The van der Waals surface area contributed by atoms with Gasteiger partial charge in [0.1, 0.15) is 11.9 Å². The van der Waals surface area contributed by atoms with Gasteiger partial charge in [-0.1, -0.05) is 0 Å². The molecule has 0 spiro atoms. The van der Waals surface area contributed by atoms with Crippen LogP contribution in [-0.2, 0) is 9.53 Å². The van der Waals surface area contributed by atoms with E-state index in [0.29, 0.717) is 0 Å². The summed E-state index contributed by atoms with van der Waals surface area (Å²) in [4.78, 5) is 13.3. The zero-order chi connectivity index (χ0) is 12.0. The summed E-state index contributed by atoms with van der Waals surface area (Å²) in [5.41, 5.74) is 5.74. The van der Waals surface area contributed by atoms with E-state index >= 15 is 0 Å². The highest BCUT2D eigenvalue weighted by Gasteiger charge is 2.20. The number of carbonyl (C=O) groups is 1. The quantitative estimate of drug-likeness (QED) is 0.433. The Morgan fingerprint density at radius 3 is 2.56 bits per heavy atom. The van der Waals surface area contributed by atoms with E-state index in [-0.39, 0.29) is 18.0 Å². The molecule has 1 aliphatic rings. The maximum absolute atomic E-state index is 11.4. The Hall–Kier alpha value is -1.70. The van der Waals surface area contributed by atoms with Crippen LogP contribution in [0.3, 0.4) is 0 Å². The van der Waals surface area contributed by atoms with Crippen LogP contribution in [0.25, 0.3) is 0 Å². The van der Waals surface area contributed by atoms with Crippen molar-refractivity contribution in [2.24, 2.45) is 5.73 Å². The van der Waals surface area contributed by atoms with Gasteiger partial charge in [0.15, 0.2) is 5.57 Å². The summed E-state index contributed by atoms with van der Waals surface area (Å²) >= 11 is 0. The van der Waals surface area contributed by atoms with Gasteiger partial charge in [-0.2, -0.15) is 5.26 Å². The van der Waals surface area contributed by atoms with E-state index in [4.69, 9.17) is 15.7 Å². The highest BCUT2D eigenvalue weighted by Crippen LogP contribution is 2.14. The molecule has 0 aromatic carbocycles. The van der Waals surface area contributed by atoms with Gasteiger partial charge in [0.2, 0.25) is 0 Å². The Labute approximate surface area is 95.5 Å². The predicted octanol–water partition coefficient (Wildman–Crippen LogP) is 0.729. The van der Waals surface area contributed by atoms with Gasteiger partial charge in [-0.3, -0.25) is 0 Å². The zero-order valence-corrected chi connectivity index (χ0v) is 9.53. The molecule has 0 aromatic rings. The normalized spacial score (nSPS) is 17.4. The Bertz CT molecular complexity index is 325. The third-order valence-electron chi connectivity index (χ3n) is 2.54. The molecule has 0 bridgehead atoms. The number of rotatable bonds is 3. The lowest BCUT2D eigenvalue weighted by molar-refractivity contribution is -0.138. The number of nitrogens with two attached hydrogens (primary N) is 1. The smallest absolute Gasteiger partial charge is 0.352 e. The summed E-state index contributed by atoms with van der Waals surface area (Å²) in [5, 5.41) is 8.91. The maximum Gasteiger partial charge on any atom is 0.352 e. The molecule has 0 aromatic heterocycles. The first-order chi connectivity index (χ1) is 7.70. The van der Waals surface area contributed by atoms with Crippen LogP contribution in [0.1, 0.15) is 26.2 Å². The van der Waals surface area contributed by atoms with E-state index in [1.54, 1.807) is 6.92 Å². The first-order valence-electron chi connectivity index (χ1n) is 5.52. The van der Waals surface area contributed by atoms with Gasteiger partial charge in [0, 0.05) is 13.1 Å². The van der Waals surface area contributed by atoms with Crippen molar-refractivity contribution in [2.75, 3.05) is 19.7 Å². The monoisotopic (exact) mass is 223 g/mol. The second kappa shape index (κ2) is 6.01. The topological polar surface area (TPSA) is 79.3 Å². The largest absolute Gasteiger partial charge is 0.462 e. The van der Waals surface area contributed by atoms with Crippen LogP contribution in [0.2, 0.25) is 0 Å². The summed E-state index contributed by atoms with van der Waals surface area (Å²) in [6.45, 7) is 3.55. The van der Waals surface area contributed by atoms with Crippen molar-refractivity contribution in [1.29, 1.82) is 5.26 Å². The van der Waals surface area contributed by atoms with Crippen LogP contribution >= 0.6 is 0 Å². The summed E-state index contributed by atoms with van der Waals surface area (Å²) in [5.74, 6) is -0.381. The lowest BCUT2D eigenvalue weighted by atomic mass is 10.1. The Morgan fingerprint density at radius 2 is 2.06 bits per heavy atom. The summed E-state index contributed by atoms with van der Waals surface area (Å²) in [6, 6.07) is 1.82. The number of hydrogen-bond donors (Lipinski definition) is 1. The van der Waals surface area contributed by atoms with E-state index in [0.717, 1.165) is 25.9 Å². The van der Waals surface area contributed by atoms with Crippen LogP contribution in [0.15, 0.2) is 11.4 Å². The van der Waals surface area contributed by atoms with Crippen LogP contribution in [0.5, 0.6) is 0 Å². The number of nitriles is 1. The lowest BCUT2D eigenvalue weighted by Gasteiger charge is -2.29. The molecule has 1 fully saturated rings. The molecule has 88 valence electrons. The van der Waals surface area contributed by atoms with Gasteiger partial charge < -0.3 is 15.4 Å². The molecular weight excluding hydrogens is 206 g/mol. The predicted molar refractivity (Wildman–Crippen MR) is 58.9 cm³/mol. The van der Waals surface area contributed by atoms with Crippen molar-refractivity contribution in [3.8, 4) is 6.07 Å². The highest BCUT2D eigenvalue weighted by atomic mass is 16.5. The van der Waals surface area contributed by atoms with Gasteiger partial charge in [-0.05, 0) is 26.2 Å². The molecule has 16 heavy (non-hydrogen) atoms. The molecule has 1 saturated heterocycles. The summed E-state index contributed by atoms with van der Waals surface area (Å²) in [7, 11) is 0. The Balaban J connectivity index is 2.81. The minimum atomic E-state index is -0.631. The molecule has 1 rings (SSSR count). The van der Waals surface area contributed by atoms with E-state index in [2.05, 4.69) is 0 Å². The maximum atomic E-state index is 11.4. The summed E-state index contributed by atoms with van der Waals surface area (Å²) in [6.07, 6.45) is 3.26. The first-order valence-corrected chi connectivity index (χ1v) is 5.52. The van der Waals surface area contributed by atoms with Crippen molar-refractivity contribution in [3.05, 3.63) is 11.4 Å². The molecule has 5 nitrogen and oxygen atoms in total. The molecule has 5 heteroatoms. The molecule has 0 atom stereocenters. The number of esters is 1. The van der Waals surface area contributed by atoms with Crippen molar-refractivity contribution >= 4 is 5.97 Å². The molecule has 1 aliphatic heterocycles. The zero-order valence-electron chi connectivity index (χ0n) is 9.53. The van der Waals surface area contributed by atoms with Crippen molar-refractivity contribution in [1.82, 2.24) is 4.90 Å². The van der Waals surface area contributed by atoms with Crippen LogP contribution in [0, 0.1) is 11.3 Å². The second-order valence-electron chi connectivity index (χ2n) is 3.64. The molecule has 0 unspecified atom stereocenters. The van der Waals surface area contributed by atoms with Crippen molar-refractivity contribution in [3.63, 3.8) is 0 Å². The first kappa shape index (κ1) is 12.4. The molecule has 0 saturated carbocycles. The fourth-order valence-corrected chi connectivity index (χ4v) is 1.70. The minimum Gasteiger partial charge on any atom is -0.462 e. The van der Waals surface area contributed by atoms with E-state index in [1.165, 1.54) is 6.42 Å². The number of likely N-dealkylation sites (tertiary alicyclic amines) is 1. The van der Waals surface area contributed by atoms with Crippen LogP contribution < -0.4 is 5.73 Å². The number of ether oxygens (including phenoxy) is 1. The molecule has 1 heterocycles. The van der Waals surface area contributed by atoms with E-state index < -0.39 is 5.97 Å². The number of carbonyl (C=O) groups excluding carboxylic acids is 1. The van der Waals surface area contributed by atoms with Gasteiger partial charge in [0.05, 0.1) is 6.61 Å². The third kappa shape index (κ3) is 2.89. The number of piperidine rings is 1. The average Bonchev–Trinajstić information content (AvgIpc) is 2.31. The SMILES string of the molecule is CCOC(=O)C(C#N)=C(N)N1CCCCC1. The number of hydrogen-bond acceptors (Lipinski definition) is 5. The Kier molecular flexibility index (Phi) is 4.65. The highest BCUT2D eigenvalue weighted by molar-refractivity contribution is 5.93. The second-order valence-corrected chi connectivity index (χ2v) is 3.64. The van der Waals surface area contributed by atoms with Crippen LogP contribution in [-0.4, -0.2) is 30.6 Å². The van der Waals surface area contributed by atoms with Gasteiger partial charge >= 0.3 is 5.97 Å². The molecular formula is C11H17N3O2. The van der Waals surface area contributed by atoms with E-state index in [1.807, 2.05) is 11.0 Å². The van der Waals surface area contributed by atoms with Crippen molar-refractivity contribution in [2.45, 2.75) is 26.2 Å². The van der Waals surface area contributed by atoms with Gasteiger partial charge in [-0.15, -0.1) is 0 Å². The van der Waals surface area contributed by atoms with Gasteiger partial charge in [-0.25, -0.2) is 4.79 Å². The Morgan fingerprint density at radius 1 is 1.44 bits per heavy atom. The number of nitrogens with zero attached hydrogens (tertiary/aromatic N) is 2. The molecule has 0 aliphatic carbocycles. The molecule has 2 N–H and O–H groups in total. The fourth-order valence-electron chi connectivity index (χ4n) is 1.70. The summed E-state index contributed by atoms with van der Waals surface area (Å²) < 4.78 is 4.78. The lowest BCUT2D eigenvalue weighted by Crippen LogP contribution is -2.35. The van der Waals surface area contributed by atoms with Crippen LogP contribution in [0.4, 0.5) is 0 Å². The van der Waals surface area contributed by atoms with Gasteiger partial charge in [0.25, 0.3) is 0 Å². The van der Waals surface area contributed by atoms with E-state index in [9.17, 15) is 4.79 Å². The minimum absolute atomic E-state index is 0.0799. The fraction of sp³-hybridized carbons (Fsp3) is 0.636. The molecule has 0 amide bonds. The standard InChI is InChI=1S/C11H17N3O2/c1-2-16-11(15)9(8-12)10(13)14-6-4-3-5-7-14/h2-7,13H2,1H3. The van der Waals surface area contributed by atoms with Crippen molar-refractivity contribution < 1.29 is 9.53 Å². The average molecular weight is 223 g/mol.